The van der Waals surface area contributed by atoms with E-state index in [1.807, 2.05) is 57.0 Å². The predicted molar refractivity (Wildman–Crippen MR) is 117 cm³/mol. The number of halogens is 3. The van der Waals surface area contributed by atoms with E-state index < -0.39 is 17.7 Å². The molecule has 0 bridgehead atoms. The maximum Gasteiger partial charge on any atom is 0.490 e. The molecule has 32 heavy (non-hydrogen) atoms. The second-order valence-corrected chi connectivity index (χ2v) is 10.1. The lowest BCUT2D eigenvalue weighted by molar-refractivity contribution is -0.192. The topological polar surface area (TPSA) is 78.9 Å². The van der Waals surface area contributed by atoms with Gasteiger partial charge in [-0.15, -0.1) is 0 Å². The molecule has 1 aliphatic heterocycles. The third-order valence-electron chi connectivity index (χ3n) is 5.16. The molecule has 1 aromatic carbocycles. The zero-order chi connectivity index (χ0) is 25.1. The highest BCUT2D eigenvalue weighted by molar-refractivity contribution is 5.85. The Morgan fingerprint density at radius 3 is 2.00 bits per heavy atom. The summed E-state index contributed by atoms with van der Waals surface area (Å²) in [5.74, 6) is -2.00. The quantitative estimate of drug-likeness (QED) is 0.689. The molecule has 0 atom stereocenters. The molecule has 1 aromatic rings. The predicted octanol–water partition coefficient (Wildman–Crippen LogP) is 4.55. The number of carboxylic acids is 1. The second-order valence-electron chi connectivity index (χ2n) is 10.1. The van der Waals surface area contributed by atoms with Gasteiger partial charge in [-0.2, -0.15) is 13.2 Å². The van der Waals surface area contributed by atoms with Crippen LogP contribution in [0.25, 0.3) is 0 Å². The number of nitrogens with one attached hydrogen (secondary N) is 1. The molecule has 1 aliphatic rings. The highest BCUT2D eigenvalue weighted by Gasteiger charge is 2.43. The van der Waals surface area contributed by atoms with Gasteiger partial charge in [0.15, 0.2) is 5.60 Å². The molecule has 0 spiro atoms. The first-order valence-electron chi connectivity index (χ1n) is 10.4. The van der Waals surface area contributed by atoms with Crippen molar-refractivity contribution in [2.75, 3.05) is 7.05 Å². The van der Waals surface area contributed by atoms with Crippen molar-refractivity contribution in [3.63, 3.8) is 0 Å². The van der Waals surface area contributed by atoms with Gasteiger partial charge in [-0.25, -0.2) is 4.79 Å². The maximum atomic E-state index is 13.2. The SMILES string of the molecule is Cc1cccc(OC(C)(C)C(=O)N(C)C2CC(C)(C)NC(C)(C)C2)c1.O=C(O)C(F)(F)F. The van der Waals surface area contributed by atoms with Crippen molar-refractivity contribution in [1.29, 1.82) is 0 Å². The van der Waals surface area contributed by atoms with E-state index in [0.29, 0.717) is 0 Å². The van der Waals surface area contributed by atoms with Gasteiger partial charge in [0.05, 0.1) is 0 Å². The molecule has 6 nitrogen and oxygen atoms in total. The summed E-state index contributed by atoms with van der Waals surface area (Å²) in [6.45, 7) is 14.5. The third-order valence-corrected chi connectivity index (χ3v) is 5.16. The minimum Gasteiger partial charge on any atom is -0.478 e. The van der Waals surface area contributed by atoms with Crippen LogP contribution in [0.3, 0.4) is 0 Å². The van der Waals surface area contributed by atoms with E-state index in [1.54, 1.807) is 0 Å². The molecule has 0 unspecified atom stereocenters. The van der Waals surface area contributed by atoms with Crippen LogP contribution in [0.5, 0.6) is 5.75 Å². The number of aryl methyl sites for hydroxylation is 1. The van der Waals surface area contributed by atoms with Crippen molar-refractivity contribution >= 4 is 11.9 Å². The highest BCUT2D eigenvalue weighted by atomic mass is 19.4. The molecule has 1 heterocycles. The molecule has 0 saturated carbocycles. The van der Waals surface area contributed by atoms with E-state index in [-0.39, 0.29) is 23.0 Å². The molecule has 2 rings (SSSR count). The number of aliphatic carboxylic acids is 1. The van der Waals surface area contributed by atoms with Gasteiger partial charge in [-0.3, -0.25) is 4.79 Å². The zero-order valence-electron chi connectivity index (χ0n) is 20.1. The number of piperidine rings is 1. The van der Waals surface area contributed by atoms with Crippen molar-refractivity contribution in [3.05, 3.63) is 29.8 Å². The van der Waals surface area contributed by atoms with E-state index in [9.17, 15) is 18.0 Å². The van der Waals surface area contributed by atoms with Crippen LogP contribution in [-0.2, 0) is 9.59 Å². The van der Waals surface area contributed by atoms with E-state index >= 15 is 0 Å². The van der Waals surface area contributed by atoms with Crippen LogP contribution in [0.15, 0.2) is 24.3 Å². The van der Waals surface area contributed by atoms with Crippen molar-refractivity contribution in [3.8, 4) is 5.75 Å². The van der Waals surface area contributed by atoms with E-state index in [2.05, 4.69) is 33.0 Å². The van der Waals surface area contributed by atoms with Crippen LogP contribution in [0.4, 0.5) is 13.2 Å². The van der Waals surface area contributed by atoms with Crippen molar-refractivity contribution < 1.29 is 32.6 Å². The Morgan fingerprint density at radius 2 is 1.59 bits per heavy atom. The Kier molecular flexibility index (Phi) is 8.40. The Hall–Kier alpha value is -2.29. The van der Waals surface area contributed by atoms with Crippen molar-refractivity contribution in [1.82, 2.24) is 10.2 Å². The minimum absolute atomic E-state index is 0.00248. The molecule has 1 fully saturated rings. The number of amides is 1. The van der Waals surface area contributed by atoms with E-state index in [0.717, 1.165) is 24.2 Å². The fourth-order valence-corrected chi connectivity index (χ4v) is 4.15. The van der Waals surface area contributed by atoms with Crippen molar-refractivity contribution in [2.24, 2.45) is 0 Å². The fraction of sp³-hybridized carbons (Fsp3) is 0.652. The van der Waals surface area contributed by atoms with Crippen LogP contribution in [-0.4, -0.2) is 57.8 Å². The van der Waals surface area contributed by atoms with Gasteiger partial charge in [-0.1, -0.05) is 12.1 Å². The van der Waals surface area contributed by atoms with Gasteiger partial charge in [0, 0.05) is 24.2 Å². The Balaban J connectivity index is 0.000000633. The summed E-state index contributed by atoms with van der Waals surface area (Å²) in [6.07, 6.45) is -3.22. The molecule has 1 saturated heterocycles. The number of carboxylic acid groups (broad SMARTS) is 1. The Bertz CT molecular complexity index is 804. The number of nitrogens with zero attached hydrogens (tertiary/aromatic N) is 1. The smallest absolute Gasteiger partial charge is 0.478 e. The van der Waals surface area contributed by atoms with E-state index in [1.165, 1.54) is 0 Å². The largest absolute Gasteiger partial charge is 0.490 e. The van der Waals surface area contributed by atoms with E-state index in [4.69, 9.17) is 14.6 Å². The number of alkyl halides is 3. The first kappa shape index (κ1) is 27.7. The average molecular weight is 461 g/mol. The monoisotopic (exact) mass is 460 g/mol. The van der Waals surface area contributed by atoms with Crippen LogP contribution >= 0.6 is 0 Å². The number of benzene rings is 1. The minimum atomic E-state index is -5.08. The molecule has 1 amide bonds. The number of hydrogen-bond acceptors (Lipinski definition) is 4. The molecular formula is C23H35F3N2O4. The van der Waals surface area contributed by atoms with Crippen LogP contribution < -0.4 is 10.1 Å². The first-order chi connectivity index (χ1) is 14.3. The van der Waals surface area contributed by atoms with Gasteiger partial charge in [-0.05, 0) is 79.0 Å². The summed E-state index contributed by atoms with van der Waals surface area (Å²) < 4.78 is 37.8. The maximum absolute atomic E-state index is 13.2. The number of rotatable bonds is 4. The highest BCUT2D eigenvalue weighted by Crippen LogP contribution is 2.32. The molecule has 9 heteroatoms. The van der Waals surface area contributed by atoms with Gasteiger partial charge in [0.2, 0.25) is 0 Å². The van der Waals surface area contributed by atoms with Gasteiger partial charge < -0.3 is 20.1 Å². The average Bonchev–Trinajstić information content (AvgIpc) is 2.57. The summed E-state index contributed by atoms with van der Waals surface area (Å²) in [5.41, 5.74) is 0.225. The zero-order valence-corrected chi connectivity index (χ0v) is 20.1. The van der Waals surface area contributed by atoms with Crippen LogP contribution in [0.2, 0.25) is 0 Å². The fourth-order valence-electron chi connectivity index (χ4n) is 4.15. The van der Waals surface area contributed by atoms with Gasteiger partial charge in [0.1, 0.15) is 5.75 Å². The summed E-state index contributed by atoms with van der Waals surface area (Å²) >= 11 is 0. The number of likely N-dealkylation sites (N-methyl/N-ethyl adjacent to an activating group) is 1. The normalized spacial score (nSPS) is 18.2. The second kappa shape index (κ2) is 9.68. The number of hydrogen-bond donors (Lipinski definition) is 2. The Morgan fingerprint density at radius 1 is 1.12 bits per heavy atom. The molecule has 2 N–H and O–H groups in total. The molecule has 182 valence electrons. The van der Waals surface area contributed by atoms with Crippen molar-refractivity contribution in [2.45, 2.75) is 90.2 Å². The summed E-state index contributed by atoms with van der Waals surface area (Å²) in [7, 11) is 1.91. The lowest BCUT2D eigenvalue weighted by Crippen LogP contribution is -2.63. The van der Waals surface area contributed by atoms with Gasteiger partial charge in [0.25, 0.3) is 5.91 Å². The summed E-state index contributed by atoms with van der Waals surface area (Å²) in [4.78, 5) is 23.9. The summed E-state index contributed by atoms with van der Waals surface area (Å²) in [5, 5.41) is 10.8. The molecule has 0 aromatic heterocycles. The van der Waals surface area contributed by atoms with Crippen LogP contribution in [0.1, 0.15) is 59.9 Å². The molecule has 0 aliphatic carbocycles. The number of ether oxygens (including phenoxy) is 1. The molecular weight excluding hydrogens is 425 g/mol. The lowest BCUT2D eigenvalue weighted by Gasteiger charge is -2.49. The number of carbonyl (C=O) groups is 2. The summed E-state index contributed by atoms with van der Waals surface area (Å²) in [6, 6.07) is 8.03. The van der Waals surface area contributed by atoms with Crippen LogP contribution in [0, 0.1) is 6.92 Å². The first-order valence-corrected chi connectivity index (χ1v) is 10.4. The number of carbonyl (C=O) groups excluding carboxylic acids is 1. The third kappa shape index (κ3) is 8.33. The Labute approximate surface area is 188 Å². The standard InChI is InChI=1S/C21H34N2O2.C2HF3O2/c1-15-10-9-11-17(12-15)25-21(6,7)18(24)23(8)16-13-19(2,3)22-20(4,5)14-16;3-2(4,5)1(6)7/h9-12,16,22H,13-14H2,1-8H3;(H,6,7). The lowest BCUT2D eigenvalue weighted by atomic mass is 9.79. The molecule has 0 radical (unpaired) electrons. The van der Waals surface area contributed by atoms with Gasteiger partial charge >= 0.3 is 12.1 Å².